The summed E-state index contributed by atoms with van der Waals surface area (Å²) in [6, 6.07) is 14.9. The first-order valence-electron chi connectivity index (χ1n) is 14.8. The number of nitrogens with one attached hydrogen (secondary N) is 1. The van der Waals surface area contributed by atoms with Crippen LogP contribution in [-0.4, -0.2) is 72.7 Å². The normalized spacial score (nSPS) is 11.7. The zero-order valence-corrected chi connectivity index (χ0v) is 28.6. The van der Waals surface area contributed by atoms with Gasteiger partial charge in [0.05, 0.1) is 39.0 Å². The van der Waals surface area contributed by atoms with Crippen LogP contribution in [0.2, 0.25) is 5.02 Å². The van der Waals surface area contributed by atoms with Crippen LogP contribution in [0.25, 0.3) is 0 Å². The number of amides is 2. The van der Waals surface area contributed by atoms with Gasteiger partial charge in [-0.1, -0.05) is 50.1 Å². The number of carbonyl (C=O) groups is 2. The first-order valence-corrected chi connectivity index (χ1v) is 16.6. The van der Waals surface area contributed by atoms with E-state index in [0.717, 1.165) is 17.1 Å². The van der Waals surface area contributed by atoms with Gasteiger partial charge in [-0.15, -0.1) is 0 Å². The monoisotopic (exact) mass is 675 g/mol. The molecule has 3 aromatic carbocycles. The lowest BCUT2D eigenvalue weighted by Gasteiger charge is -2.33. The topological polar surface area (TPSA) is 124 Å². The van der Waals surface area contributed by atoms with Crippen molar-refractivity contribution in [2.45, 2.75) is 50.6 Å². The zero-order valence-electron chi connectivity index (χ0n) is 27.0. The Hall–Kier alpha value is -4.16. The number of halogens is 1. The lowest BCUT2D eigenvalue weighted by molar-refractivity contribution is -0.140. The summed E-state index contributed by atoms with van der Waals surface area (Å²) in [5.41, 5.74) is 0.661. The smallest absolute Gasteiger partial charge is 0.265 e. The summed E-state index contributed by atoms with van der Waals surface area (Å²) >= 11 is 6.49. The molecule has 2 amide bonds. The van der Waals surface area contributed by atoms with Gasteiger partial charge < -0.3 is 29.2 Å². The lowest BCUT2D eigenvalue weighted by Crippen LogP contribution is -2.52. The van der Waals surface area contributed by atoms with E-state index < -0.39 is 28.5 Å². The van der Waals surface area contributed by atoms with E-state index in [2.05, 4.69) is 5.32 Å². The second-order valence-corrected chi connectivity index (χ2v) is 12.5. The maximum Gasteiger partial charge on any atom is 0.265 e. The Bertz CT molecular complexity index is 1600. The molecule has 11 nitrogen and oxygen atoms in total. The Kier molecular flexibility index (Phi) is 13.4. The summed E-state index contributed by atoms with van der Waals surface area (Å²) in [5.74, 6) is 0.0532. The third-order valence-corrected chi connectivity index (χ3v) is 9.52. The number of benzene rings is 3. The van der Waals surface area contributed by atoms with E-state index in [1.807, 2.05) is 6.92 Å². The van der Waals surface area contributed by atoms with E-state index in [9.17, 15) is 18.0 Å². The molecule has 0 saturated heterocycles. The molecular formula is C33H42ClN3O8S. The predicted octanol–water partition coefficient (Wildman–Crippen LogP) is 5.29. The van der Waals surface area contributed by atoms with Crippen molar-refractivity contribution >= 4 is 39.1 Å². The van der Waals surface area contributed by atoms with Crippen molar-refractivity contribution in [3.05, 3.63) is 71.2 Å². The van der Waals surface area contributed by atoms with Crippen molar-refractivity contribution in [1.82, 2.24) is 10.2 Å². The van der Waals surface area contributed by atoms with Gasteiger partial charge in [0.15, 0.2) is 11.5 Å². The van der Waals surface area contributed by atoms with Gasteiger partial charge in [0.2, 0.25) is 11.8 Å². The van der Waals surface area contributed by atoms with Gasteiger partial charge in [-0.3, -0.25) is 13.9 Å². The van der Waals surface area contributed by atoms with Gasteiger partial charge in [-0.05, 0) is 48.7 Å². The minimum atomic E-state index is -4.46. The van der Waals surface area contributed by atoms with Crippen LogP contribution in [0.1, 0.15) is 38.7 Å². The molecular weight excluding hydrogens is 634 g/mol. The molecule has 0 spiro atoms. The first-order chi connectivity index (χ1) is 22.1. The molecule has 0 aromatic heterocycles. The number of ether oxygens (including phenoxy) is 4. The van der Waals surface area contributed by atoms with Crippen LogP contribution in [-0.2, 0) is 26.2 Å². The molecule has 46 heavy (non-hydrogen) atoms. The van der Waals surface area contributed by atoms with Gasteiger partial charge in [0, 0.05) is 30.2 Å². The number of carbonyl (C=O) groups excluding carboxylic acids is 2. The summed E-state index contributed by atoms with van der Waals surface area (Å²) in [5, 5.41) is 3.32. The van der Waals surface area contributed by atoms with Crippen LogP contribution >= 0.6 is 11.6 Å². The molecule has 0 unspecified atom stereocenters. The third-order valence-electron chi connectivity index (χ3n) is 7.39. The standard InChI is InChI=1S/C33H42ClN3O8S/c1-7-9-18-35-33(39)27(8-2)36(21-23-12-10-11-13-26(23)34)32(38)22-37(28-19-24(42-3)14-16-29(28)43-4)46(40,41)25-15-17-30(44-5)31(20-25)45-6/h10-17,19-20,27H,7-9,18,21-22H2,1-6H3,(H,35,39)/t27-/m1/s1. The molecule has 0 saturated carbocycles. The van der Waals surface area contributed by atoms with Gasteiger partial charge in [-0.2, -0.15) is 0 Å². The molecule has 0 aliphatic heterocycles. The van der Waals surface area contributed by atoms with Crippen molar-refractivity contribution in [2.75, 3.05) is 45.8 Å². The molecule has 0 heterocycles. The van der Waals surface area contributed by atoms with Crippen molar-refractivity contribution < 1.29 is 37.0 Å². The third kappa shape index (κ3) is 8.55. The number of sulfonamides is 1. The summed E-state index contributed by atoms with van der Waals surface area (Å²) < 4.78 is 51.4. The molecule has 13 heteroatoms. The summed E-state index contributed by atoms with van der Waals surface area (Å²) in [6.45, 7) is 3.54. The number of hydrogen-bond acceptors (Lipinski definition) is 8. The second-order valence-electron chi connectivity index (χ2n) is 10.2. The fraction of sp³-hybridized carbons (Fsp3) is 0.394. The highest BCUT2D eigenvalue weighted by Crippen LogP contribution is 2.38. The molecule has 250 valence electrons. The fourth-order valence-electron chi connectivity index (χ4n) is 4.85. The highest BCUT2D eigenvalue weighted by atomic mass is 35.5. The number of nitrogens with zero attached hydrogens (tertiary/aromatic N) is 2. The van der Waals surface area contributed by atoms with Crippen LogP contribution < -0.4 is 28.6 Å². The van der Waals surface area contributed by atoms with Gasteiger partial charge >= 0.3 is 0 Å². The summed E-state index contributed by atoms with van der Waals surface area (Å²) in [4.78, 5) is 29.0. The molecule has 0 fully saturated rings. The van der Waals surface area contributed by atoms with Crippen molar-refractivity contribution in [3.63, 3.8) is 0 Å². The Balaban J connectivity index is 2.18. The zero-order chi connectivity index (χ0) is 33.9. The van der Waals surface area contributed by atoms with E-state index in [-0.39, 0.29) is 41.0 Å². The quantitative estimate of drug-likeness (QED) is 0.192. The average Bonchev–Trinajstić information content (AvgIpc) is 3.07. The van der Waals surface area contributed by atoms with Crippen molar-refractivity contribution in [3.8, 4) is 23.0 Å². The van der Waals surface area contributed by atoms with Crippen LogP contribution in [0.15, 0.2) is 65.6 Å². The van der Waals surface area contributed by atoms with Crippen LogP contribution in [0.5, 0.6) is 23.0 Å². The van der Waals surface area contributed by atoms with Gasteiger partial charge in [0.25, 0.3) is 10.0 Å². The minimum absolute atomic E-state index is 0.0301. The molecule has 1 atom stereocenters. The van der Waals surface area contributed by atoms with Crippen molar-refractivity contribution in [1.29, 1.82) is 0 Å². The Morgan fingerprint density at radius 2 is 1.54 bits per heavy atom. The molecule has 3 rings (SSSR count). The maximum absolute atomic E-state index is 14.4. The van der Waals surface area contributed by atoms with E-state index in [1.54, 1.807) is 43.3 Å². The van der Waals surface area contributed by atoms with Crippen molar-refractivity contribution in [2.24, 2.45) is 0 Å². The Labute approximate surface area is 276 Å². The Morgan fingerprint density at radius 3 is 2.15 bits per heavy atom. The summed E-state index contributed by atoms with van der Waals surface area (Å²) in [6.07, 6.45) is 1.93. The first kappa shape index (κ1) is 36.3. The van der Waals surface area contributed by atoms with Gasteiger partial charge in [0.1, 0.15) is 24.1 Å². The van der Waals surface area contributed by atoms with E-state index in [4.69, 9.17) is 30.5 Å². The largest absolute Gasteiger partial charge is 0.497 e. The van der Waals surface area contributed by atoms with Crippen LogP contribution in [0, 0.1) is 0 Å². The molecule has 0 aliphatic carbocycles. The average molecular weight is 676 g/mol. The highest BCUT2D eigenvalue weighted by molar-refractivity contribution is 7.92. The molecule has 3 aromatic rings. The van der Waals surface area contributed by atoms with E-state index in [0.29, 0.717) is 28.6 Å². The molecule has 0 aliphatic rings. The SMILES string of the molecule is CCCCNC(=O)[C@@H](CC)N(Cc1ccccc1Cl)C(=O)CN(c1cc(OC)ccc1OC)S(=O)(=O)c1ccc(OC)c(OC)c1. The molecule has 0 radical (unpaired) electrons. The number of anilines is 1. The number of unbranched alkanes of at least 4 members (excludes halogenated alkanes) is 1. The fourth-order valence-corrected chi connectivity index (χ4v) is 6.47. The van der Waals surface area contributed by atoms with E-state index in [1.165, 1.54) is 57.6 Å². The highest BCUT2D eigenvalue weighted by Gasteiger charge is 2.35. The number of rotatable bonds is 17. The summed E-state index contributed by atoms with van der Waals surface area (Å²) in [7, 11) is 1.21. The van der Waals surface area contributed by atoms with Crippen LogP contribution in [0.4, 0.5) is 5.69 Å². The maximum atomic E-state index is 14.4. The number of methoxy groups -OCH3 is 4. The minimum Gasteiger partial charge on any atom is -0.497 e. The predicted molar refractivity (Wildman–Crippen MR) is 178 cm³/mol. The van der Waals surface area contributed by atoms with Gasteiger partial charge in [-0.25, -0.2) is 8.42 Å². The molecule has 1 N–H and O–H groups in total. The van der Waals surface area contributed by atoms with Crippen LogP contribution in [0.3, 0.4) is 0 Å². The lowest BCUT2D eigenvalue weighted by atomic mass is 10.1. The Morgan fingerprint density at radius 1 is 0.870 bits per heavy atom. The molecule has 0 bridgehead atoms. The number of hydrogen-bond donors (Lipinski definition) is 1. The van der Waals surface area contributed by atoms with E-state index >= 15 is 0 Å². The second kappa shape index (κ2) is 17.0.